The van der Waals surface area contributed by atoms with Crippen LogP contribution in [0.2, 0.25) is 0 Å². The van der Waals surface area contributed by atoms with E-state index in [0.717, 1.165) is 18.4 Å². The molecule has 0 spiro atoms. The number of ether oxygens (including phenoxy) is 1. The molecule has 148 valence electrons. The standard InChI is InChI=1S/C22H27N3O3/c1-3-5-14-22(23-24-22)15-13-20(26)25(18-11-12-18)19(21(27)28-4-2)16-17-9-7-6-8-10-17/h1,6-10,18-19H,4-5,11-16H2,2H3. The summed E-state index contributed by atoms with van der Waals surface area (Å²) in [6.45, 7) is 2.08. The quantitative estimate of drug-likeness (QED) is 0.435. The van der Waals surface area contributed by atoms with Crippen LogP contribution in [0.5, 0.6) is 0 Å². The van der Waals surface area contributed by atoms with Gasteiger partial charge >= 0.3 is 5.97 Å². The summed E-state index contributed by atoms with van der Waals surface area (Å²) in [4.78, 5) is 27.6. The van der Waals surface area contributed by atoms with Crippen LogP contribution < -0.4 is 0 Å². The number of terminal acetylenes is 1. The molecule has 1 saturated carbocycles. The van der Waals surface area contributed by atoms with E-state index in [9.17, 15) is 9.59 Å². The molecule has 1 unspecified atom stereocenters. The van der Waals surface area contributed by atoms with Crippen molar-refractivity contribution in [2.24, 2.45) is 10.2 Å². The summed E-state index contributed by atoms with van der Waals surface area (Å²) in [5, 5.41) is 8.21. The van der Waals surface area contributed by atoms with Gasteiger partial charge in [-0.1, -0.05) is 30.3 Å². The number of carbonyl (C=O) groups is 2. The molecule has 2 aliphatic rings. The van der Waals surface area contributed by atoms with Crippen molar-refractivity contribution in [1.82, 2.24) is 4.90 Å². The maximum Gasteiger partial charge on any atom is 0.329 e. The predicted molar refractivity (Wildman–Crippen MR) is 105 cm³/mol. The number of carbonyl (C=O) groups excluding carboxylic acids is 2. The zero-order chi connectivity index (χ0) is 20.0. The van der Waals surface area contributed by atoms with E-state index < -0.39 is 11.7 Å². The van der Waals surface area contributed by atoms with Crippen LogP contribution in [0.1, 0.15) is 51.0 Å². The number of esters is 1. The van der Waals surface area contributed by atoms with Gasteiger partial charge in [0.05, 0.1) is 6.61 Å². The topological polar surface area (TPSA) is 71.3 Å². The van der Waals surface area contributed by atoms with Gasteiger partial charge in [0.25, 0.3) is 0 Å². The van der Waals surface area contributed by atoms with Gasteiger partial charge in [0, 0.05) is 38.1 Å². The molecule has 0 N–H and O–H groups in total. The summed E-state index contributed by atoms with van der Waals surface area (Å²) >= 11 is 0. The van der Waals surface area contributed by atoms with Crippen LogP contribution in [0.15, 0.2) is 40.6 Å². The van der Waals surface area contributed by atoms with E-state index in [1.54, 1.807) is 11.8 Å². The summed E-state index contributed by atoms with van der Waals surface area (Å²) in [5.41, 5.74) is 0.521. The van der Waals surface area contributed by atoms with Crippen molar-refractivity contribution in [3.63, 3.8) is 0 Å². The van der Waals surface area contributed by atoms with E-state index in [1.165, 1.54) is 0 Å². The third-order valence-electron chi connectivity index (χ3n) is 5.19. The monoisotopic (exact) mass is 381 g/mol. The van der Waals surface area contributed by atoms with Gasteiger partial charge in [-0.15, -0.1) is 12.3 Å². The lowest BCUT2D eigenvalue weighted by Crippen LogP contribution is -2.48. The Morgan fingerprint density at radius 3 is 2.57 bits per heavy atom. The van der Waals surface area contributed by atoms with E-state index in [1.807, 2.05) is 30.3 Å². The largest absolute Gasteiger partial charge is 0.464 e. The van der Waals surface area contributed by atoms with Crippen molar-refractivity contribution in [1.29, 1.82) is 0 Å². The van der Waals surface area contributed by atoms with Gasteiger partial charge in [0.2, 0.25) is 5.91 Å². The van der Waals surface area contributed by atoms with Gasteiger partial charge in [-0.3, -0.25) is 4.79 Å². The summed E-state index contributed by atoms with van der Waals surface area (Å²) in [7, 11) is 0. The Morgan fingerprint density at radius 1 is 1.29 bits per heavy atom. The number of hydrogen-bond donors (Lipinski definition) is 0. The van der Waals surface area contributed by atoms with Gasteiger partial charge in [0.1, 0.15) is 6.04 Å². The Bertz CT molecular complexity index is 759. The van der Waals surface area contributed by atoms with Gasteiger partial charge in [-0.2, -0.15) is 10.2 Å². The van der Waals surface area contributed by atoms with Crippen LogP contribution in [0.4, 0.5) is 0 Å². The Labute approximate surface area is 166 Å². The van der Waals surface area contributed by atoms with E-state index >= 15 is 0 Å². The minimum Gasteiger partial charge on any atom is -0.464 e. The minimum atomic E-state index is -0.600. The molecular formula is C22H27N3O3. The maximum atomic E-state index is 13.1. The fraction of sp³-hybridized carbons (Fsp3) is 0.545. The lowest BCUT2D eigenvalue weighted by Gasteiger charge is -2.31. The van der Waals surface area contributed by atoms with Gasteiger partial charge < -0.3 is 9.64 Å². The summed E-state index contributed by atoms with van der Waals surface area (Å²) in [6.07, 6.45) is 9.74. The van der Waals surface area contributed by atoms with Crippen LogP contribution in [-0.2, 0) is 20.7 Å². The van der Waals surface area contributed by atoms with Crippen LogP contribution in [-0.4, -0.2) is 41.1 Å². The fourth-order valence-electron chi connectivity index (χ4n) is 3.46. The zero-order valence-electron chi connectivity index (χ0n) is 16.3. The molecule has 1 heterocycles. The molecule has 0 bridgehead atoms. The lowest BCUT2D eigenvalue weighted by molar-refractivity contribution is -0.155. The van der Waals surface area contributed by atoms with Crippen LogP contribution in [0, 0.1) is 12.3 Å². The predicted octanol–water partition coefficient (Wildman–Crippen LogP) is 3.51. The molecule has 3 rings (SSSR count). The third kappa shape index (κ3) is 5.19. The molecule has 6 nitrogen and oxygen atoms in total. The van der Waals surface area contributed by atoms with Crippen molar-refractivity contribution < 1.29 is 14.3 Å². The first-order chi connectivity index (χ1) is 13.6. The molecule has 6 heteroatoms. The highest BCUT2D eigenvalue weighted by atomic mass is 16.5. The number of benzene rings is 1. The van der Waals surface area contributed by atoms with Gasteiger partial charge in [-0.25, -0.2) is 4.79 Å². The van der Waals surface area contributed by atoms with E-state index in [2.05, 4.69) is 16.1 Å². The first kappa shape index (κ1) is 20.1. The van der Waals surface area contributed by atoms with Crippen molar-refractivity contribution in [2.75, 3.05) is 6.61 Å². The first-order valence-corrected chi connectivity index (χ1v) is 9.98. The smallest absolute Gasteiger partial charge is 0.329 e. The van der Waals surface area contributed by atoms with Crippen LogP contribution in [0.3, 0.4) is 0 Å². The molecule has 1 fully saturated rings. The van der Waals surface area contributed by atoms with Crippen LogP contribution in [0.25, 0.3) is 0 Å². The second-order valence-electron chi connectivity index (χ2n) is 7.38. The Morgan fingerprint density at radius 2 is 2.00 bits per heavy atom. The molecular weight excluding hydrogens is 354 g/mol. The number of hydrogen-bond acceptors (Lipinski definition) is 5. The Kier molecular flexibility index (Phi) is 6.45. The van der Waals surface area contributed by atoms with Crippen molar-refractivity contribution in [2.45, 2.75) is 69.6 Å². The second-order valence-corrected chi connectivity index (χ2v) is 7.38. The second kappa shape index (κ2) is 9.01. The molecule has 0 aromatic heterocycles. The highest BCUT2D eigenvalue weighted by Crippen LogP contribution is 2.39. The molecule has 0 saturated heterocycles. The molecule has 1 atom stereocenters. The molecule has 0 radical (unpaired) electrons. The normalized spacial score (nSPS) is 17.4. The number of rotatable bonds is 11. The lowest BCUT2D eigenvalue weighted by atomic mass is 10.00. The van der Waals surface area contributed by atoms with E-state index in [0.29, 0.717) is 38.7 Å². The fourth-order valence-corrected chi connectivity index (χ4v) is 3.46. The average Bonchev–Trinajstić information content (AvgIpc) is 3.62. The zero-order valence-corrected chi connectivity index (χ0v) is 16.3. The third-order valence-corrected chi connectivity index (χ3v) is 5.19. The molecule has 1 aromatic rings. The maximum absolute atomic E-state index is 13.1. The van der Waals surface area contributed by atoms with Crippen LogP contribution >= 0.6 is 0 Å². The molecule has 1 aliphatic heterocycles. The Hall–Kier alpha value is -2.68. The first-order valence-electron chi connectivity index (χ1n) is 9.98. The van der Waals surface area contributed by atoms with Gasteiger partial charge in [0.15, 0.2) is 5.66 Å². The molecule has 1 aliphatic carbocycles. The van der Waals surface area contributed by atoms with Crippen molar-refractivity contribution in [3.8, 4) is 12.3 Å². The SMILES string of the molecule is C#CCCC1(CCC(=O)N(C2CC2)C(Cc2ccccc2)C(=O)OCC)N=N1. The summed E-state index contributed by atoms with van der Waals surface area (Å²) in [6, 6.07) is 9.26. The van der Waals surface area contributed by atoms with Gasteiger partial charge in [-0.05, 0) is 25.3 Å². The molecule has 1 amide bonds. The summed E-state index contributed by atoms with van der Waals surface area (Å²) in [5.74, 6) is 2.23. The number of nitrogens with zero attached hydrogens (tertiary/aromatic N) is 3. The Balaban J connectivity index is 1.70. The van der Waals surface area contributed by atoms with Crippen molar-refractivity contribution >= 4 is 11.9 Å². The van der Waals surface area contributed by atoms with E-state index in [-0.39, 0.29) is 17.9 Å². The summed E-state index contributed by atoms with van der Waals surface area (Å²) < 4.78 is 5.30. The minimum absolute atomic E-state index is 0.0335. The molecule has 1 aromatic carbocycles. The molecule has 28 heavy (non-hydrogen) atoms. The highest BCUT2D eigenvalue weighted by Gasteiger charge is 2.44. The highest BCUT2D eigenvalue weighted by molar-refractivity contribution is 5.85. The number of amides is 1. The average molecular weight is 381 g/mol. The van der Waals surface area contributed by atoms with Crippen molar-refractivity contribution in [3.05, 3.63) is 35.9 Å². The van der Waals surface area contributed by atoms with E-state index in [4.69, 9.17) is 11.2 Å².